The van der Waals surface area contributed by atoms with Crippen molar-refractivity contribution in [2.24, 2.45) is 0 Å². The van der Waals surface area contributed by atoms with E-state index in [-0.39, 0.29) is 21.7 Å². The molecule has 0 atom stereocenters. The molecule has 0 unspecified atom stereocenters. The molecule has 0 aliphatic heterocycles. The number of aromatic nitrogens is 1. The molecule has 8 heteroatoms. The van der Waals surface area contributed by atoms with Gasteiger partial charge in [-0.05, 0) is 6.07 Å². The Morgan fingerprint density at radius 3 is 2.16 bits per heavy atom. The fraction of sp³-hybridized carbons (Fsp3) is 0. The van der Waals surface area contributed by atoms with Crippen molar-refractivity contribution < 1.29 is 13.2 Å². The van der Waals surface area contributed by atoms with Crippen LogP contribution in [-0.2, 0) is 0 Å². The van der Waals surface area contributed by atoms with Crippen LogP contribution in [0.15, 0.2) is 18.2 Å². The minimum absolute atomic E-state index is 0.0160. The van der Waals surface area contributed by atoms with Gasteiger partial charge in [0.15, 0.2) is 17.5 Å². The third-order valence-corrected chi connectivity index (χ3v) is 2.80. The van der Waals surface area contributed by atoms with E-state index in [1.54, 1.807) is 0 Å². The molecule has 0 amide bonds. The van der Waals surface area contributed by atoms with E-state index >= 15 is 0 Å². The van der Waals surface area contributed by atoms with Gasteiger partial charge in [-0.2, -0.15) is 0 Å². The number of nitrogens with zero attached hydrogens (tertiary/aromatic N) is 1. The molecule has 2 aromatic rings. The minimum atomic E-state index is -1.12. The summed E-state index contributed by atoms with van der Waals surface area (Å²) in [4.78, 5) is 3.75. The summed E-state index contributed by atoms with van der Waals surface area (Å²) in [7, 11) is 0. The maximum atomic E-state index is 13.4. The first-order valence-corrected chi connectivity index (χ1v) is 5.67. The quantitative estimate of drug-likeness (QED) is 0.877. The van der Waals surface area contributed by atoms with Gasteiger partial charge in [0.05, 0.1) is 10.0 Å². The Labute approximate surface area is 116 Å². The number of nitrogens with two attached hydrogens (primary N) is 1. The van der Waals surface area contributed by atoms with E-state index in [0.29, 0.717) is 12.1 Å². The highest BCUT2D eigenvalue weighted by Crippen LogP contribution is 2.31. The van der Waals surface area contributed by atoms with Crippen molar-refractivity contribution in [3.8, 4) is 0 Å². The van der Waals surface area contributed by atoms with Crippen molar-refractivity contribution in [1.82, 2.24) is 4.98 Å². The molecular weight excluding hydrogens is 302 g/mol. The van der Waals surface area contributed by atoms with Gasteiger partial charge >= 0.3 is 0 Å². The zero-order valence-electron chi connectivity index (χ0n) is 9.15. The van der Waals surface area contributed by atoms with E-state index < -0.39 is 23.1 Å². The molecule has 0 spiro atoms. The minimum Gasteiger partial charge on any atom is -0.382 e. The molecule has 3 N–H and O–H groups in total. The fourth-order valence-electron chi connectivity index (χ4n) is 1.35. The maximum absolute atomic E-state index is 13.4. The molecule has 1 aromatic carbocycles. The summed E-state index contributed by atoms with van der Waals surface area (Å²) in [5.74, 6) is -3.42. The third-order valence-electron chi connectivity index (χ3n) is 2.21. The molecule has 3 nitrogen and oxygen atoms in total. The van der Waals surface area contributed by atoms with Gasteiger partial charge in [-0.15, -0.1) is 0 Å². The van der Waals surface area contributed by atoms with Crippen LogP contribution in [0.25, 0.3) is 0 Å². The second-order valence-electron chi connectivity index (χ2n) is 3.56. The Hall–Kier alpha value is -1.66. The standard InChI is InChI=1S/C11H6Cl2F3N3/c12-5-3-6(13)11(19-10(5)17)18-9-7(15)1-4(14)2-8(9)16/h1-3H,(H3,17,18,19). The second-order valence-corrected chi connectivity index (χ2v) is 4.37. The summed E-state index contributed by atoms with van der Waals surface area (Å²) < 4.78 is 39.6. The molecule has 0 saturated heterocycles. The van der Waals surface area contributed by atoms with Crippen LogP contribution >= 0.6 is 23.2 Å². The molecule has 0 radical (unpaired) electrons. The lowest BCUT2D eigenvalue weighted by atomic mass is 10.2. The Morgan fingerprint density at radius 1 is 1.00 bits per heavy atom. The highest BCUT2D eigenvalue weighted by molar-refractivity contribution is 6.37. The monoisotopic (exact) mass is 307 g/mol. The number of pyridine rings is 1. The first-order valence-electron chi connectivity index (χ1n) is 4.91. The summed E-state index contributed by atoms with van der Waals surface area (Å²) >= 11 is 11.5. The van der Waals surface area contributed by atoms with Crippen molar-refractivity contribution in [2.75, 3.05) is 11.1 Å². The van der Waals surface area contributed by atoms with Crippen LogP contribution in [-0.4, -0.2) is 4.98 Å². The molecule has 2 rings (SSSR count). The SMILES string of the molecule is Nc1nc(Nc2c(F)cc(F)cc2F)c(Cl)cc1Cl. The van der Waals surface area contributed by atoms with Gasteiger partial charge in [0, 0.05) is 12.1 Å². The van der Waals surface area contributed by atoms with Crippen molar-refractivity contribution >= 4 is 40.5 Å². The van der Waals surface area contributed by atoms with Crippen LogP contribution in [0.3, 0.4) is 0 Å². The molecule has 0 saturated carbocycles. The number of rotatable bonds is 2. The number of anilines is 3. The Bertz CT molecular complexity index is 626. The van der Waals surface area contributed by atoms with E-state index in [4.69, 9.17) is 28.9 Å². The van der Waals surface area contributed by atoms with Crippen LogP contribution < -0.4 is 11.1 Å². The number of nitrogen functional groups attached to an aromatic ring is 1. The second kappa shape index (κ2) is 5.14. The van der Waals surface area contributed by atoms with Gasteiger partial charge in [-0.25, -0.2) is 18.2 Å². The van der Waals surface area contributed by atoms with Crippen LogP contribution in [0.1, 0.15) is 0 Å². The number of hydrogen-bond acceptors (Lipinski definition) is 3. The molecule has 100 valence electrons. The van der Waals surface area contributed by atoms with Crippen molar-refractivity contribution in [3.63, 3.8) is 0 Å². The van der Waals surface area contributed by atoms with Crippen molar-refractivity contribution in [1.29, 1.82) is 0 Å². The molecule has 1 aromatic heterocycles. The summed E-state index contributed by atoms with van der Waals surface area (Å²) in [5, 5.41) is 2.43. The van der Waals surface area contributed by atoms with E-state index in [2.05, 4.69) is 10.3 Å². The average Bonchev–Trinajstić information content (AvgIpc) is 2.29. The number of halogens is 5. The topological polar surface area (TPSA) is 50.9 Å². The number of nitrogens with one attached hydrogen (secondary N) is 1. The summed E-state index contributed by atoms with van der Waals surface area (Å²) in [6.45, 7) is 0. The summed E-state index contributed by atoms with van der Waals surface area (Å²) in [6, 6.07) is 2.32. The first kappa shape index (κ1) is 13.8. The highest BCUT2D eigenvalue weighted by atomic mass is 35.5. The predicted octanol–water partition coefficient (Wildman–Crippen LogP) is 4.13. The van der Waals surface area contributed by atoms with Crippen LogP contribution in [0.4, 0.5) is 30.5 Å². The van der Waals surface area contributed by atoms with E-state index in [9.17, 15) is 13.2 Å². The Kier molecular flexibility index (Phi) is 3.73. The Balaban J connectivity index is 2.45. The lowest BCUT2D eigenvalue weighted by Crippen LogP contribution is -2.03. The maximum Gasteiger partial charge on any atom is 0.152 e. The molecule has 1 heterocycles. The molecule has 0 aliphatic carbocycles. The van der Waals surface area contributed by atoms with Gasteiger partial charge in [0.25, 0.3) is 0 Å². The molecule has 0 bridgehead atoms. The molecule has 19 heavy (non-hydrogen) atoms. The van der Waals surface area contributed by atoms with Gasteiger partial charge in [0.2, 0.25) is 0 Å². The summed E-state index contributed by atoms with van der Waals surface area (Å²) in [5.41, 5.74) is 4.87. The largest absolute Gasteiger partial charge is 0.382 e. The number of hydrogen-bond donors (Lipinski definition) is 2. The zero-order chi connectivity index (χ0) is 14.2. The van der Waals surface area contributed by atoms with Crippen LogP contribution in [0.5, 0.6) is 0 Å². The van der Waals surface area contributed by atoms with E-state index in [1.807, 2.05) is 0 Å². The number of benzene rings is 1. The zero-order valence-corrected chi connectivity index (χ0v) is 10.7. The molecule has 0 fully saturated rings. The fourth-order valence-corrected chi connectivity index (χ4v) is 1.75. The van der Waals surface area contributed by atoms with Gasteiger partial charge in [0.1, 0.15) is 17.3 Å². The lowest BCUT2D eigenvalue weighted by molar-refractivity contribution is 0.549. The molecule has 0 aliphatic rings. The lowest BCUT2D eigenvalue weighted by Gasteiger charge is -2.10. The predicted molar refractivity (Wildman–Crippen MR) is 68.3 cm³/mol. The van der Waals surface area contributed by atoms with Gasteiger partial charge in [-0.3, -0.25) is 0 Å². The van der Waals surface area contributed by atoms with Gasteiger partial charge < -0.3 is 11.1 Å². The van der Waals surface area contributed by atoms with Crippen molar-refractivity contribution in [3.05, 3.63) is 45.7 Å². The van der Waals surface area contributed by atoms with Crippen LogP contribution in [0, 0.1) is 17.5 Å². The smallest absolute Gasteiger partial charge is 0.152 e. The third kappa shape index (κ3) is 2.85. The highest BCUT2D eigenvalue weighted by Gasteiger charge is 2.15. The van der Waals surface area contributed by atoms with E-state index in [1.165, 1.54) is 6.07 Å². The van der Waals surface area contributed by atoms with Gasteiger partial charge in [-0.1, -0.05) is 23.2 Å². The van der Waals surface area contributed by atoms with Crippen molar-refractivity contribution in [2.45, 2.75) is 0 Å². The first-order chi connectivity index (χ1) is 8.88. The van der Waals surface area contributed by atoms with E-state index in [0.717, 1.165) is 0 Å². The normalized spacial score (nSPS) is 10.6. The Morgan fingerprint density at radius 2 is 1.58 bits per heavy atom. The van der Waals surface area contributed by atoms with Crippen LogP contribution in [0.2, 0.25) is 10.0 Å². The molecular formula is C11H6Cl2F3N3. The average molecular weight is 308 g/mol. The summed E-state index contributed by atoms with van der Waals surface area (Å²) in [6.07, 6.45) is 0.